The third kappa shape index (κ3) is 3.69. The molecule has 0 atom stereocenters. The van der Waals surface area contributed by atoms with Gasteiger partial charge in [-0.05, 0) is 12.1 Å². The topological polar surface area (TPSA) is 75.4 Å². The van der Waals surface area contributed by atoms with Crippen molar-refractivity contribution < 1.29 is 14.3 Å². The van der Waals surface area contributed by atoms with Crippen LogP contribution in [0.4, 0.5) is 0 Å². The second kappa shape index (κ2) is 5.60. The standard InChI is InChI=1S/C11H12N2O3S/c14-11(15)4-8-7-17-10(13-8)6-12-5-9-2-1-3-16-9/h1-3,7,12H,4-6H2,(H,14,15). The van der Waals surface area contributed by atoms with Crippen molar-refractivity contribution in [1.29, 1.82) is 0 Å². The van der Waals surface area contributed by atoms with Crippen LogP contribution in [0.3, 0.4) is 0 Å². The van der Waals surface area contributed by atoms with E-state index in [1.54, 1.807) is 11.6 Å². The van der Waals surface area contributed by atoms with E-state index in [4.69, 9.17) is 9.52 Å². The van der Waals surface area contributed by atoms with E-state index < -0.39 is 5.97 Å². The molecule has 0 spiro atoms. The monoisotopic (exact) mass is 252 g/mol. The fraction of sp³-hybridized carbons (Fsp3) is 0.273. The molecule has 17 heavy (non-hydrogen) atoms. The summed E-state index contributed by atoms with van der Waals surface area (Å²) < 4.78 is 5.17. The van der Waals surface area contributed by atoms with E-state index in [9.17, 15) is 4.79 Å². The van der Waals surface area contributed by atoms with Gasteiger partial charge < -0.3 is 14.8 Å². The maximum absolute atomic E-state index is 10.5. The number of carboxylic acids is 1. The minimum atomic E-state index is -0.856. The Kier molecular flexibility index (Phi) is 3.89. The van der Waals surface area contributed by atoms with Crippen LogP contribution in [-0.4, -0.2) is 16.1 Å². The van der Waals surface area contributed by atoms with E-state index in [1.165, 1.54) is 11.3 Å². The van der Waals surface area contributed by atoms with E-state index in [0.717, 1.165) is 10.8 Å². The molecule has 90 valence electrons. The number of thiazole rings is 1. The van der Waals surface area contributed by atoms with Crippen LogP contribution in [0.25, 0.3) is 0 Å². The lowest BCUT2D eigenvalue weighted by molar-refractivity contribution is -0.136. The molecule has 0 aliphatic heterocycles. The lowest BCUT2D eigenvalue weighted by Crippen LogP contribution is -2.12. The van der Waals surface area contributed by atoms with E-state index in [1.807, 2.05) is 12.1 Å². The molecule has 2 aromatic heterocycles. The van der Waals surface area contributed by atoms with E-state index in [0.29, 0.717) is 18.8 Å². The van der Waals surface area contributed by atoms with Gasteiger partial charge in [0.05, 0.1) is 24.9 Å². The molecular formula is C11H12N2O3S. The van der Waals surface area contributed by atoms with Crippen molar-refractivity contribution in [3.63, 3.8) is 0 Å². The fourth-order valence-corrected chi connectivity index (χ4v) is 2.14. The van der Waals surface area contributed by atoms with Gasteiger partial charge in [-0.3, -0.25) is 4.79 Å². The number of nitrogens with zero attached hydrogens (tertiary/aromatic N) is 1. The summed E-state index contributed by atoms with van der Waals surface area (Å²) in [5, 5.41) is 14.4. The molecule has 0 fully saturated rings. The molecule has 6 heteroatoms. The van der Waals surface area contributed by atoms with Crippen molar-refractivity contribution in [2.75, 3.05) is 0 Å². The molecule has 0 bridgehead atoms. The minimum absolute atomic E-state index is 0.0192. The molecule has 0 saturated carbocycles. The van der Waals surface area contributed by atoms with Crippen molar-refractivity contribution in [2.24, 2.45) is 0 Å². The van der Waals surface area contributed by atoms with E-state index in [-0.39, 0.29) is 6.42 Å². The van der Waals surface area contributed by atoms with Crippen molar-refractivity contribution in [2.45, 2.75) is 19.5 Å². The molecular weight excluding hydrogens is 240 g/mol. The number of hydrogen-bond acceptors (Lipinski definition) is 5. The highest BCUT2D eigenvalue weighted by atomic mass is 32.1. The molecule has 2 N–H and O–H groups in total. The van der Waals surface area contributed by atoms with Gasteiger partial charge in [0.1, 0.15) is 10.8 Å². The number of aliphatic carboxylic acids is 1. The molecule has 0 radical (unpaired) electrons. The Hall–Kier alpha value is -1.66. The number of nitrogens with one attached hydrogen (secondary N) is 1. The average Bonchev–Trinajstić information content (AvgIpc) is 2.89. The molecule has 0 aliphatic carbocycles. The fourth-order valence-electron chi connectivity index (χ4n) is 1.37. The van der Waals surface area contributed by atoms with Gasteiger partial charge in [-0.15, -0.1) is 11.3 Å². The zero-order valence-electron chi connectivity index (χ0n) is 9.05. The van der Waals surface area contributed by atoms with Gasteiger partial charge in [0.25, 0.3) is 0 Å². The Labute approximate surface area is 102 Å². The second-order valence-corrected chi connectivity index (χ2v) is 4.43. The summed E-state index contributed by atoms with van der Waals surface area (Å²) in [6, 6.07) is 3.73. The maximum Gasteiger partial charge on any atom is 0.309 e. The first kappa shape index (κ1) is 11.8. The lowest BCUT2D eigenvalue weighted by Gasteiger charge is -1.98. The first-order valence-corrected chi connectivity index (χ1v) is 6.00. The number of carboxylic acid groups (broad SMARTS) is 1. The van der Waals surface area contributed by atoms with Crippen LogP contribution in [0.1, 0.15) is 16.5 Å². The van der Waals surface area contributed by atoms with Crippen molar-refractivity contribution >= 4 is 17.3 Å². The molecule has 2 rings (SSSR count). The molecule has 2 aromatic rings. The van der Waals surface area contributed by atoms with Gasteiger partial charge >= 0.3 is 5.97 Å². The minimum Gasteiger partial charge on any atom is -0.481 e. The Morgan fingerprint density at radius 2 is 2.41 bits per heavy atom. The summed E-state index contributed by atoms with van der Waals surface area (Å²) in [4.78, 5) is 14.7. The first-order chi connectivity index (χ1) is 8.24. The third-order valence-corrected chi connectivity index (χ3v) is 2.98. The summed E-state index contributed by atoms with van der Waals surface area (Å²) in [5.74, 6) is 0.0118. The summed E-state index contributed by atoms with van der Waals surface area (Å²) in [7, 11) is 0. The highest BCUT2D eigenvalue weighted by Gasteiger charge is 2.05. The van der Waals surface area contributed by atoms with Gasteiger partial charge in [-0.1, -0.05) is 0 Å². The average molecular weight is 252 g/mol. The normalized spacial score (nSPS) is 10.6. The number of carbonyl (C=O) groups is 1. The molecule has 0 aliphatic rings. The highest BCUT2D eigenvalue weighted by Crippen LogP contribution is 2.10. The van der Waals surface area contributed by atoms with Gasteiger partial charge in [0.2, 0.25) is 0 Å². The number of aromatic nitrogens is 1. The quantitative estimate of drug-likeness (QED) is 0.817. The van der Waals surface area contributed by atoms with E-state index in [2.05, 4.69) is 10.3 Å². The molecule has 0 aromatic carbocycles. The zero-order valence-corrected chi connectivity index (χ0v) is 9.87. The van der Waals surface area contributed by atoms with E-state index >= 15 is 0 Å². The molecule has 0 unspecified atom stereocenters. The Morgan fingerprint density at radius 1 is 1.53 bits per heavy atom. The van der Waals surface area contributed by atoms with Crippen molar-refractivity contribution in [3.05, 3.63) is 40.2 Å². The predicted molar refractivity (Wildman–Crippen MR) is 62.7 cm³/mol. The first-order valence-electron chi connectivity index (χ1n) is 5.12. The smallest absolute Gasteiger partial charge is 0.309 e. The highest BCUT2D eigenvalue weighted by molar-refractivity contribution is 7.09. The molecule has 0 amide bonds. The van der Waals surface area contributed by atoms with Gasteiger partial charge in [-0.25, -0.2) is 4.98 Å². The van der Waals surface area contributed by atoms with Crippen LogP contribution in [-0.2, 0) is 24.3 Å². The number of furan rings is 1. The SMILES string of the molecule is O=C(O)Cc1csc(CNCc2ccco2)n1. The van der Waals surface area contributed by atoms with Gasteiger partial charge in [0, 0.05) is 11.9 Å². The zero-order chi connectivity index (χ0) is 12.1. The van der Waals surface area contributed by atoms with Gasteiger partial charge in [-0.2, -0.15) is 0 Å². The lowest BCUT2D eigenvalue weighted by atomic mass is 10.3. The van der Waals surface area contributed by atoms with Crippen LogP contribution >= 0.6 is 11.3 Å². The predicted octanol–water partition coefficient (Wildman–Crippen LogP) is 1.65. The summed E-state index contributed by atoms with van der Waals surface area (Å²) in [6.07, 6.45) is 1.61. The maximum atomic E-state index is 10.5. The molecule has 2 heterocycles. The van der Waals surface area contributed by atoms with Crippen LogP contribution in [0.15, 0.2) is 28.2 Å². The largest absolute Gasteiger partial charge is 0.481 e. The Bertz CT molecular complexity index is 479. The second-order valence-electron chi connectivity index (χ2n) is 3.49. The van der Waals surface area contributed by atoms with Crippen molar-refractivity contribution in [1.82, 2.24) is 10.3 Å². The van der Waals surface area contributed by atoms with Crippen LogP contribution in [0.2, 0.25) is 0 Å². The van der Waals surface area contributed by atoms with Crippen LogP contribution in [0.5, 0.6) is 0 Å². The molecule has 5 nitrogen and oxygen atoms in total. The Balaban J connectivity index is 1.79. The summed E-state index contributed by atoms with van der Waals surface area (Å²) in [5.41, 5.74) is 0.609. The molecule has 0 saturated heterocycles. The van der Waals surface area contributed by atoms with Crippen LogP contribution < -0.4 is 5.32 Å². The van der Waals surface area contributed by atoms with Crippen LogP contribution in [0, 0.1) is 0 Å². The summed E-state index contributed by atoms with van der Waals surface area (Å²) in [6.45, 7) is 1.26. The van der Waals surface area contributed by atoms with Crippen molar-refractivity contribution in [3.8, 4) is 0 Å². The number of hydrogen-bond donors (Lipinski definition) is 2. The Morgan fingerprint density at radius 3 is 3.12 bits per heavy atom. The number of rotatable bonds is 6. The van der Waals surface area contributed by atoms with Gasteiger partial charge in [0.15, 0.2) is 0 Å². The third-order valence-electron chi connectivity index (χ3n) is 2.09. The summed E-state index contributed by atoms with van der Waals surface area (Å²) >= 11 is 1.46.